The number of hydrogen-bond donors (Lipinski definition) is 1. The third-order valence-corrected chi connectivity index (χ3v) is 5.81. The predicted octanol–water partition coefficient (Wildman–Crippen LogP) is 2.16. The molecule has 1 saturated heterocycles. The summed E-state index contributed by atoms with van der Waals surface area (Å²) < 4.78 is 6.70. The molecule has 0 unspecified atom stereocenters. The average Bonchev–Trinajstić information content (AvgIpc) is 3.21. The minimum atomic E-state index is -0.487. The van der Waals surface area contributed by atoms with E-state index in [0.29, 0.717) is 50.0 Å². The topological polar surface area (TPSA) is 130 Å². The Bertz CT molecular complexity index is 974. The Kier molecular flexibility index (Phi) is 9.23. The number of likely N-dealkylation sites (N-methyl/N-ethyl adjacent to an activating group) is 1. The molecule has 10 nitrogen and oxygen atoms in total. The van der Waals surface area contributed by atoms with Crippen LogP contribution in [-0.2, 0) is 9.53 Å². The molecule has 3 rings (SSSR count). The van der Waals surface area contributed by atoms with Gasteiger partial charge in [0.15, 0.2) is 5.65 Å². The number of halogens is 1. The minimum Gasteiger partial charge on any atom is -0.449 e. The number of amides is 1. The molecule has 174 valence electrons. The second kappa shape index (κ2) is 11.6. The standard InChI is InChI=1S/C21H29N7O3.ClH/c1-15-6-10-27(18(29)5-9-23)13-17(15)26(2)19-16-7-11-28(20(16)25-14-24-19)21(30)31-12-4-3-8-22;/h7,11,14-15,17H,3-6,8,10,12-13,22H2,1-2H3;1H/t15-,17+;/m1./s1. The molecule has 0 aromatic carbocycles. The van der Waals surface area contributed by atoms with E-state index in [4.69, 9.17) is 15.7 Å². The number of nitrogens with two attached hydrogens (primary N) is 1. The number of nitriles is 1. The lowest BCUT2D eigenvalue weighted by molar-refractivity contribution is -0.131. The lowest BCUT2D eigenvalue weighted by atomic mass is 9.92. The van der Waals surface area contributed by atoms with E-state index in [9.17, 15) is 9.59 Å². The summed E-state index contributed by atoms with van der Waals surface area (Å²) in [6.07, 6.45) is 4.82. The normalized spacial score (nSPS) is 18.0. The zero-order valence-corrected chi connectivity index (χ0v) is 19.3. The monoisotopic (exact) mass is 463 g/mol. The molecule has 0 bridgehead atoms. The number of ether oxygens (including phenoxy) is 1. The second-order valence-corrected chi connectivity index (χ2v) is 7.85. The van der Waals surface area contributed by atoms with E-state index >= 15 is 0 Å². The van der Waals surface area contributed by atoms with E-state index in [1.165, 1.54) is 10.9 Å². The molecule has 2 aromatic rings. The van der Waals surface area contributed by atoms with Crippen molar-refractivity contribution in [1.29, 1.82) is 5.26 Å². The number of carbonyl (C=O) groups excluding carboxylic acids is 2. The number of unbranched alkanes of at least 4 members (excludes halogenated alkanes) is 1. The van der Waals surface area contributed by atoms with Crippen molar-refractivity contribution in [3.8, 4) is 6.07 Å². The van der Waals surface area contributed by atoms with Crippen molar-refractivity contribution < 1.29 is 14.3 Å². The fraction of sp³-hybridized carbons (Fsp3) is 0.571. The Hall–Kier alpha value is -2.90. The fourth-order valence-corrected chi connectivity index (χ4v) is 3.96. The van der Waals surface area contributed by atoms with Crippen LogP contribution in [0.5, 0.6) is 0 Å². The van der Waals surface area contributed by atoms with Crippen LogP contribution < -0.4 is 10.6 Å². The summed E-state index contributed by atoms with van der Waals surface area (Å²) in [5.74, 6) is 0.867. The van der Waals surface area contributed by atoms with Crippen LogP contribution in [0.4, 0.5) is 10.6 Å². The number of piperidine rings is 1. The Morgan fingerprint density at radius 1 is 1.38 bits per heavy atom. The highest BCUT2D eigenvalue weighted by Gasteiger charge is 2.32. The van der Waals surface area contributed by atoms with Gasteiger partial charge in [0.2, 0.25) is 5.91 Å². The molecule has 2 aromatic heterocycles. The SMILES string of the molecule is C[C@@H]1CCN(C(=O)CC#N)C[C@@H]1N(C)c1ncnc2c1ccn2C(=O)OCCCCN.Cl. The lowest BCUT2D eigenvalue weighted by Gasteiger charge is -2.42. The van der Waals surface area contributed by atoms with Crippen molar-refractivity contribution in [3.05, 3.63) is 18.6 Å². The van der Waals surface area contributed by atoms with Crippen molar-refractivity contribution in [2.75, 3.05) is 38.2 Å². The number of aromatic nitrogens is 3. The van der Waals surface area contributed by atoms with Gasteiger partial charge in [-0.05, 0) is 37.8 Å². The van der Waals surface area contributed by atoms with Crippen LogP contribution in [0.25, 0.3) is 11.0 Å². The van der Waals surface area contributed by atoms with E-state index < -0.39 is 6.09 Å². The molecule has 2 atom stereocenters. The maximum absolute atomic E-state index is 12.5. The first-order valence-electron chi connectivity index (χ1n) is 10.5. The third kappa shape index (κ3) is 5.47. The van der Waals surface area contributed by atoms with Gasteiger partial charge in [-0.2, -0.15) is 5.26 Å². The van der Waals surface area contributed by atoms with Gasteiger partial charge in [0.05, 0.1) is 24.1 Å². The first-order valence-corrected chi connectivity index (χ1v) is 10.5. The van der Waals surface area contributed by atoms with Crippen molar-refractivity contribution in [2.24, 2.45) is 11.7 Å². The fourth-order valence-electron chi connectivity index (χ4n) is 3.96. The first-order chi connectivity index (χ1) is 15.0. The molecule has 1 fully saturated rings. The number of fused-ring (bicyclic) bond motifs is 1. The van der Waals surface area contributed by atoms with Crippen LogP contribution in [0.15, 0.2) is 18.6 Å². The molecule has 1 amide bonds. The van der Waals surface area contributed by atoms with Crippen molar-refractivity contribution >= 4 is 41.3 Å². The van der Waals surface area contributed by atoms with Gasteiger partial charge in [0.25, 0.3) is 0 Å². The molecule has 0 spiro atoms. The second-order valence-electron chi connectivity index (χ2n) is 7.85. The summed E-state index contributed by atoms with van der Waals surface area (Å²) in [7, 11) is 1.93. The zero-order valence-electron chi connectivity index (χ0n) is 18.4. The number of nitrogens with zero attached hydrogens (tertiary/aromatic N) is 6. The van der Waals surface area contributed by atoms with Gasteiger partial charge < -0.3 is 20.3 Å². The molecule has 2 N–H and O–H groups in total. The van der Waals surface area contributed by atoms with Gasteiger partial charge >= 0.3 is 6.09 Å². The minimum absolute atomic E-state index is 0. The molecule has 32 heavy (non-hydrogen) atoms. The van der Waals surface area contributed by atoms with E-state index in [2.05, 4.69) is 16.9 Å². The maximum Gasteiger partial charge on any atom is 0.419 e. The first kappa shape index (κ1) is 25.4. The van der Waals surface area contributed by atoms with Crippen LogP contribution >= 0.6 is 12.4 Å². The van der Waals surface area contributed by atoms with Crippen molar-refractivity contribution in [1.82, 2.24) is 19.4 Å². The van der Waals surface area contributed by atoms with Gasteiger partial charge in [-0.25, -0.2) is 19.3 Å². The van der Waals surface area contributed by atoms with Crippen LogP contribution in [0, 0.1) is 17.2 Å². The van der Waals surface area contributed by atoms with Gasteiger partial charge in [0, 0.05) is 26.3 Å². The van der Waals surface area contributed by atoms with Crippen LogP contribution in [0.1, 0.15) is 32.6 Å². The van der Waals surface area contributed by atoms with Crippen LogP contribution in [0.2, 0.25) is 0 Å². The third-order valence-electron chi connectivity index (χ3n) is 5.81. The van der Waals surface area contributed by atoms with E-state index in [-0.39, 0.29) is 30.8 Å². The summed E-state index contributed by atoms with van der Waals surface area (Å²) >= 11 is 0. The predicted molar refractivity (Wildman–Crippen MR) is 123 cm³/mol. The highest BCUT2D eigenvalue weighted by atomic mass is 35.5. The van der Waals surface area contributed by atoms with Crippen molar-refractivity contribution in [2.45, 2.75) is 38.6 Å². The number of rotatable bonds is 7. The quantitative estimate of drug-likeness (QED) is 0.618. The van der Waals surface area contributed by atoms with Gasteiger partial charge in [0.1, 0.15) is 18.6 Å². The molecular weight excluding hydrogens is 434 g/mol. The molecule has 11 heteroatoms. The Morgan fingerprint density at radius 2 is 2.16 bits per heavy atom. The highest BCUT2D eigenvalue weighted by Crippen LogP contribution is 2.29. The van der Waals surface area contributed by atoms with Crippen LogP contribution in [-0.4, -0.2) is 70.8 Å². The Balaban J connectivity index is 0.00000363. The summed E-state index contributed by atoms with van der Waals surface area (Å²) in [5, 5.41) is 9.58. The molecular formula is C21H30ClN7O3. The largest absolute Gasteiger partial charge is 0.449 e. The summed E-state index contributed by atoms with van der Waals surface area (Å²) in [6.45, 7) is 4.19. The summed E-state index contributed by atoms with van der Waals surface area (Å²) in [6, 6.07) is 3.76. The number of likely N-dealkylation sites (tertiary alicyclic amines) is 1. The number of carbonyl (C=O) groups is 2. The summed E-state index contributed by atoms with van der Waals surface area (Å²) in [4.78, 5) is 37.2. The van der Waals surface area contributed by atoms with E-state index in [1.807, 2.05) is 18.0 Å². The van der Waals surface area contributed by atoms with Crippen LogP contribution in [0.3, 0.4) is 0 Å². The smallest absolute Gasteiger partial charge is 0.419 e. The molecule has 0 radical (unpaired) electrons. The van der Waals surface area contributed by atoms with Gasteiger partial charge in [-0.1, -0.05) is 6.92 Å². The molecule has 0 aliphatic carbocycles. The van der Waals surface area contributed by atoms with Gasteiger partial charge in [-0.15, -0.1) is 12.4 Å². The highest BCUT2D eigenvalue weighted by molar-refractivity contribution is 5.93. The lowest BCUT2D eigenvalue weighted by Crippen LogP contribution is -2.52. The summed E-state index contributed by atoms with van der Waals surface area (Å²) in [5.41, 5.74) is 5.94. The molecule has 1 aliphatic rings. The molecule has 1 aliphatic heterocycles. The van der Waals surface area contributed by atoms with E-state index in [1.54, 1.807) is 17.2 Å². The Morgan fingerprint density at radius 3 is 2.88 bits per heavy atom. The van der Waals surface area contributed by atoms with Crippen molar-refractivity contribution in [3.63, 3.8) is 0 Å². The zero-order chi connectivity index (χ0) is 22.4. The molecule has 3 heterocycles. The van der Waals surface area contributed by atoms with Gasteiger partial charge in [-0.3, -0.25) is 4.79 Å². The maximum atomic E-state index is 12.5. The number of hydrogen-bond acceptors (Lipinski definition) is 8. The molecule has 0 saturated carbocycles. The average molecular weight is 464 g/mol. The Labute approximate surface area is 193 Å². The van der Waals surface area contributed by atoms with E-state index in [0.717, 1.165) is 18.2 Å². The number of anilines is 1.